The molecule has 1 atom stereocenters. The molecule has 3 aromatic carbocycles. The Morgan fingerprint density at radius 3 is 2.34 bits per heavy atom. The molecular formula is C46H50N12O4. The van der Waals surface area contributed by atoms with Crippen molar-refractivity contribution in [3.05, 3.63) is 89.8 Å². The number of imide groups is 1. The Bertz CT molecular complexity index is 2720. The molecule has 16 nitrogen and oxygen atoms in total. The van der Waals surface area contributed by atoms with Crippen LogP contribution in [0.15, 0.2) is 71.5 Å². The zero-order valence-corrected chi connectivity index (χ0v) is 35.2. The van der Waals surface area contributed by atoms with E-state index in [0.29, 0.717) is 30.9 Å². The highest BCUT2D eigenvalue weighted by Crippen LogP contribution is 2.46. The molecular weight excluding hydrogens is 785 g/mol. The Hall–Kier alpha value is -6.39. The number of aromatic amines is 1. The third-order valence-electron chi connectivity index (χ3n) is 13.9. The molecule has 11 rings (SSSR count). The number of benzene rings is 3. The van der Waals surface area contributed by atoms with E-state index in [9.17, 15) is 14.4 Å². The van der Waals surface area contributed by atoms with Crippen LogP contribution in [0.2, 0.25) is 0 Å². The fraction of sp³-hybridized carbons (Fsp3) is 0.413. The molecule has 318 valence electrons. The molecule has 5 fully saturated rings. The third-order valence-corrected chi connectivity index (χ3v) is 13.9. The predicted octanol–water partition coefficient (Wildman–Crippen LogP) is 5.15. The molecule has 0 unspecified atom stereocenters. The number of piperazine rings is 1. The van der Waals surface area contributed by atoms with E-state index in [1.807, 2.05) is 19.1 Å². The topological polar surface area (TPSA) is 172 Å². The van der Waals surface area contributed by atoms with Gasteiger partial charge in [-0.25, -0.2) is 14.8 Å². The van der Waals surface area contributed by atoms with Crippen molar-refractivity contribution < 1.29 is 18.9 Å². The van der Waals surface area contributed by atoms with Crippen LogP contribution in [0, 0.1) is 6.92 Å². The maximum atomic E-state index is 13.0. The predicted molar refractivity (Wildman–Crippen MR) is 235 cm³/mol. The number of carbonyl (C=O) groups is 3. The maximum absolute atomic E-state index is 13.0. The van der Waals surface area contributed by atoms with E-state index in [1.165, 1.54) is 11.4 Å². The number of aryl methyl sites for hydroxylation is 1. The van der Waals surface area contributed by atoms with Crippen molar-refractivity contribution in [3.8, 4) is 11.3 Å². The van der Waals surface area contributed by atoms with E-state index in [4.69, 9.17) is 9.51 Å². The molecule has 4 saturated heterocycles. The van der Waals surface area contributed by atoms with Crippen LogP contribution in [0.3, 0.4) is 0 Å². The normalized spacial score (nSPS) is 20.3. The minimum atomic E-state index is -0.376. The summed E-state index contributed by atoms with van der Waals surface area (Å²) in [7, 11) is 0. The summed E-state index contributed by atoms with van der Waals surface area (Å²) < 4.78 is 5.30. The van der Waals surface area contributed by atoms with Crippen LogP contribution in [0.1, 0.15) is 66.8 Å². The lowest BCUT2D eigenvalue weighted by atomic mass is 9.97. The van der Waals surface area contributed by atoms with Crippen molar-refractivity contribution in [3.63, 3.8) is 0 Å². The first-order valence-electron chi connectivity index (χ1n) is 21.8. The van der Waals surface area contributed by atoms with E-state index in [-0.39, 0.29) is 35.2 Å². The molecule has 6 aromatic rings. The number of aromatic nitrogens is 5. The van der Waals surface area contributed by atoms with E-state index < -0.39 is 0 Å². The van der Waals surface area contributed by atoms with Crippen molar-refractivity contribution in [2.75, 3.05) is 73.6 Å². The van der Waals surface area contributed by atoms with E-state index in [1.54, 1.807) is 11.2 Å². The summed E-state index contributed by atoms with van der Waals surface area (Å²) in [6, 6.07) is 21.6. The standard InChI is InChI=1S/C46H50N12O4/c1-27-20-29(4-10-35(27)28(2)49-42(60)43-52-44(53-62-43)46(3)13-14-46)40-39-36-11-9-32(21-37(36)50-41(39)48-26-47-40)54-16-18-55(19-17-54)33-22-57(23-33)34-24-56(25-34)30-5-7-31(8-6-30)58-15-12-38(59)51-45(58)61/h4-11,20-21,26,28,33-34H,12-19,22-25H2,1-3H3,(H,49,60)(H,47,48,50)(H,51,59,61)/t28-/m1/s1. The number of fused-ring (bicyclic) bond motifs is 3. The van der Waals surface area contributed by atoms with Gasteiger partial charge in [0.25, 0.3) is 0 Å². The number of nitrogens with zero attached hydrogens (tertiary/aromatic N) is 9. The first-order valence-corrected chi connectivity index (χ1v) is 21.8. The average Bonchev–Trinajstić information content (AvgIpc) is 3.61. The van der Waals surface area contributed by atoms with Crippen molar-refractivity contribution in [1.29, 1.82) is 0 Å². The minimum absolute atomic E-state index is 0.00342. The minimum Gasteiger partial charge on any atom is -0.369 e. The molecule has 0 bridgehead atoms. The number of hydrogen-bond donors (Lipinski definition) is 3. The van der Waals surface area contributed by atoms with Crippen molar-refractivity contribution in [2.24, 2.45) is 0 Å². The van der Waals surface area contributed by atoms with Gasteiger partial charge in [0.2, 0.25) is 5.91 Å². The first kappa shape index (κ1) is 38.5. The monoisotopic (exact) mass is 834 g/mol. The summed E-state index contributed by atoms with van der Waals surface area (Å²) in [6.45, 7) is 14.8. The highest BCUT2D eigenvalue weighted by molar-refractivity contribution is 6.12. The molecule has 62 heavy (non-hydrogen) atoms. The van der Waals surface area contributed by atoms with Crippen molar-refractivity contribution >= 4 is 56.8 Å². The SMILES string of the molecule is Cc1cc(-c2ncnc3[nH]c4cc(N5CCN(C6CN(C7CN(c8ccc(N9CCC(=O)NC9=O)cc8)C7)C6)CC5)ccc4c23)ccc1[C@@H](C)NC(=O)c1nc(C2(C)CC2)no1. The second-order valence-electron chi connectivity index (χ2n) is 18.0. The highest BCUT2D eigenvalue weighted by Gasteiger charge is 2.44. The van der Waals surface area contributed by atoms with Crippen LogP contribution in [0.5, 0.6) is 0 Å². The van der Waals surface area contributed by atoms with Crippen molar-refractivity contribution in [2.45, 2.75) is 63.6 Å². The number of carbonyl (C=O) groups excluding carboxylic acids is 3. The second kappa shape index (κ2) is 14.9. The van der Waals surface area contributed by atoms with Crippen LogP contribution in [0.4, 0.5) is 21.9 Å². The molecule has 0 spiro atoms. The maximum Gasteiger partial charge on any atom is 0.328 e. The van der Waals surface area contributed by atoms with E-state index in [2.05, 4.69) is 113 Å². The largest absolute Gasteiger partial charge is 0.369 e. The molecule has 0 radical (unpaired) electrons. The molecule has 3 N–H and O–H groups in total. The van der Waals surface area contributed by atoms with Gasteiger partial charge in [0.15, 0.2) is 5.82 Å². The van der Waals surface area contributed by atoms with Crippen LogP contribution >= 0.6 is 0 Å². The van der Waals surface area contributed by atoms with Crippen LogP contribution in [-0.4, -0.2) is 124 Å². The van der Waals surface area contributed by atoms with Gasteiger partial charge >= 0.3 is 17.8 Å². The summed E-state index contributed by atoms with van der Waals surface area (Å²) in [5.74, 6) is 0.00358. The zero-order valence-electron chi connectivity index (χ0n) is 35.2. The van der Waals surface area contributed by atoms with Crippen LogP contribution in [0.25, 0.3) is 33.2 Å². The quantitative estimate of drug-likeness (QED) is 0.166. The molecule has 7 heterocycles. The van der Waals surface area contributed by atoms with Crippen molar-refractivity contribution in [1.82, 2.24) is 45.5 Å². The summed E-state index contributed by atoms with van der Waals surface area (Å²) >= 11 is 0. The Kier molecular flexibility index (Phi) is 9.26. The van der Waals surface area contributed by atoms with Gasteiger partial charge in [-0.1, -0.05) is 30.3 Å². The Balaban J connectivity index is 0.687. The molecule has 4 aliphatic heterocycles. The highest BCUT2D eigenvalue weighted by atomic mass is 16.5. The van der Waals surface area contributed by atoms with Gasteiger partial charge in [0.1, 0.15) is 12.0 Å². The summed E-state index contributed by atoms with van der Waals surface area (Å²) in [6.07, 6.45) is 3.95. The summed E-state index contributed by atoms with van der Waals surface area (Å²) in [5, 5.41) is 11.6. The molecule has 16 heteroatoms. The Morgan fingerprint density at radius 1 is 0.855 bits per heavy atom. The van der Waals surface area contributed by atoms with Gasteiger partial charge in [-0.3, -0.25) is 29.6 Å². The molecule has 5 aliphatic rings. The summed E-state index contributed by atoms with van der Waals surface area (Å²) in [4.78, 5) is 65.9. The number of likely N-dealkylation sites (tertiary alicyclic amines) is 1. The Morgan fingerprint density at radius 2 is 1.60 bits per heavy atom. The molecule has 3 aromatic heterocycles. The number of nitrogens with one attached hydrogen (secondary N) is 3. The lowest BCUT2D eigenvalue weighted by molar-refractivity contribution is -0.120. The number of H-pyrrole nitrogens is 1. The van der Waals surface area contributed by atoms with Gasteiger partial charge < -0.3 is 24.6 Å². The van der Waals surface area contributed by atoms with Gasteiger partial charge in [-0.15, -0.1) is 0 Å². The lowest BCUT2D eigenvalue weighted by Crippen LogP contribution is -2.71. The smallest absolute Gasteiger partial charge is 0.328 e. The third kappa shape index (κ3) is 6.90. The number of urea groups is 1. The number of anilines is 3. The van der Waals surface area contributed by atoms with Gasteiger partial charge in [-0.2, -0.15) is 4.98 Å². The van der Waals surface area contributed by atoms with Gasteiger partial charge in [-0.05, 0) is 80.3 Å². The van der Waals surface area contributed by atoms with Crippen LogP contribution < -0.4 is 25.3 Å². The number of rotatable bonds is 10. The van der Waals surface area contributed by atoms with Crippen LogP contribution in [-0.2, 0) is 10.2 Å². The lowest BCUT2D eigenvalue weighted by Gasteiger charge is -2.55. The first-order chi connectivity index (χ1) is 30.1. The fourth-order valence-corrected chi connectivity index (χ4v) is 9.66. The Labute approximate surface area is 358 Å². The number of hydrogen-bond acceptors (Lipinski definition) is 12. The fourth-order valence-electron chi connectivity index (χ4n) is 9.66. The second-order valence-corrected chi connectivity index (χ2v) is 18.0. The van der Waals surface area contributed by atoms with Gasteiger partial charge in [0.05, 0.1) is 17.1 Å². The van der Waals surface area contributed by atoms with E-state index >= 15 is 0 Å². The van der Waals surface area contributed by atoms with Gasteiger partial charge in [0, 0.05) is 116 Å². The van der Waals surface area contributed by atoms with E-state index in [0.717, 1.165) is 115 Å². The number of amides is 4. The zero-order chi connectivity index (χ0) is 42.3. The molecule has 4 amide bonds. The molecule has 1 saturated carbocycles. The summed E-state index contributed by atoms with van der Waals surface area (Å²) in [5.41, 5.74) is 8.85. The average molecular weight is 835 g/mol. The molecule has 1 aliphatic carbocycles.